The van der Waals surface area contributed by atoms with Crippen molar-refractivity contribution in [2.45, 2.75) is 19.2 Å². The van der Waals surface area contributed by atoms with Crippen molar-refractivity contribution in [2.24, 2.45) is 7.05 Å². The van der Waals surface area contributed by atoms with E-state index in [2.05, 4.69) is 10.1 Å². The number of halogens is 3. The first kappa shape index (κ1) is 14.0. The van der Waals surface area contributed by atoms with Gasteiger partial charge < -0.3 is 0 Å². The summed E-state index contributed by atoms with van der Waals surface area (Å²) in [5.74, 6) is -0.514. The predicted octanol–water partition coefficient (Wildman–Crippen LogP) is 3.34. The van der Waals surface area contributed by atoms with Gasteiger partial charge in [-0.25, -0.2) is 18.4 Å². The average molecular weight is 311 g/mol. The largest absolute Gasteiger partial charge is 0.277 e. The van der Waals surface area contributed by atoms with Gasteiger partial charge in [0, 0.05) is 13.1 Å². The van der Waals surface area contributed by atoms with Gasteiger partial charge in [-0.1, -0.05) is 6.92 Å². The second-order valence-corrected chi connectivity index (χ2v) is 4.96. The quantitative estimate of drug-likeness (QED) is 0.696. The highest BCUT2D eigenvalue weighted by molar-refractivity contribution is 6.17. The van der Waals surface area contributed by atoms with Crippen molar-refractivity contribution < 1.29 is 8.78 Å². The molecule has 0 radical (unpaired) electrons. The van der Waals surface area contributed by atoms with E-state index in [1.165, 1.54) is 4.57 Å². The predicted molar refractivity (Wildman–Crippen MR) is 76.7 cm³/mol. The van der Waals surface area contributed by atoms with Crippen LogP contribution in [0, 0.1) is 11.6 Å². The molecule has 0 aliphatic heterocycles. The average Bonchev–Trinajstić information content (AvgIpc) is 2.99. The molecule has 0 atom stereocenters. The van der Waals surface area contributed by atoms with E-state index in [1.807, 2.05) is 6.92 Å². The Morgan fingerprint density at radius 1 is 1.29 bits per heavy atom. The number of hydrogen-bond acceptors (Lipinski definition) is 2. The van der Waals surface area contributed by atoms with Crippen LogP contribution in [0.2, 0.25) is 0 Å². The van der Waals surface area contributed by atoms with Crippen LogP contribution in [0.15, 0.2) is 18.2 Å². The Kier molecular flexibility index (Phi) is 3.41. The summed E-state index contributed by atoms with van der Waals surface area (Å²) in [5, 5.41) is 4.36. The second kappa shape index (κ2) is 5.11. The molecule has 0 amide bonds. The van der Waals surface area contributed by atoms with Crippen molar-refractivity contribution >= 4 is 22.8 Å². The van der Waals surface area contributed by atoms with E-state index in [4.69, 9.17) is 11.6 Å². The number of alkyl halides is 1. The second-order valence-electron chi connectivity index (χ2n) is 4.69. The van der Waals surface area contributed by atoms with E-state index >= 15 is 0 Å². The van der Waals surface area contributed by atoms with Crippen molar-refractivity contribution in [1.82, 2.24) is 19.3 Å². The minimum absolute atomic E-state index is 0.0822. The van der Waals surface area contributed by atoms with Crippen LogP contribution in [0.5, 0.6) is 0 Å². The van der Waals surface area contributed by atoms with Gasteiger partial charge in [0.1, 0.15) is 23.0 Å². The first-order valence-electron chi connectivity index (χ1n) is 6.51. The van der Waals surface area contributed by atoms with Crippen molar-refractivity contribution in [2.75, 3.05) is 0 Å². The lowest BCUT2D eigenvalue weighted by Crippen LogP contribution is -2.06. The van der Waals surface area contributed by atoms with Crippen molar-refractivity contribution in [3.05, 3.63) is 41.4 Å². The summed E-state index contributed by atoms with van der Waals surface area (Å²) in [6.07, 6.45) is 0.696. The summed E-state index contributed by atoms with van der Waals surface area (Å²) in [6.45, 7) is 1.96. The lowest BCUT2D eigenvalue weighted by molar-refractivity contribution is 0.590. The molecule has 0 bridgehead atoms. The molecule has 0 spiro atoms. The molecule has 2 aromatic heterocycles. The molecule has 3 rings (SSSR count). The first-order chi connectivity index (χ1) is 10.1. The molecular weight excluding hydrogens is 298 g/mol. The summed E-state index contributed by atoms with van der Waals surface area (Å²) in [4.78, 5) is 4.43. The van der Waals surface area contributed by atoms with E-state index < -0.39 is 11.6 Å². The van der Waals surface area contributed by atoms with Gasteiger partial charge in [-0.2, -0.15) is 5.10 Å². The van der Waals surface area contributed by atoms with Crippen molar-refractivity contribution in [1.29, 1.82) is 0 Å². The smallest absolute Gasteiger partial charge is 0.163 e. The van der Waals surface area contributed by atoms with Gasteiger partial charge in [0.05, 0.1) is 17.3 Å². The number of aryl methyl sites for hydroxylation is 2. The highest BCUT2D eigenvalue weighted by Crippen LogP contribution is 2.26. The summed E-state index contributed by atoms with van der Waals surface area (Å²) in [5.41, 5.74) is 2.15. The van der Waals surface area contributed by atoms with Gasteiger partial charge in [-0.3, -0.25) is 4.57 Å². The fourth-order valence-corrected chi connectivity index (χ4v) is 2.64. The molecule has 0 aliphatic rings. The fraction of sp³-hybridized carbons (Fsp3) is 0.286. The highest BCUT2D eigenvalue weighted by Gasteiger charge is 2.21. The van der Waals surface area contributed by atoms with Crippen molar-refractivity contribution in [3.63, 3.8) is 0 Å². The molecule has 7 heteroatoms. The van der Waals surface area contributed by atoms with Gasteiger partial charge in [0.2, 0.25) is 0 Å². The van der Waals surface area contributed by atoms with Crippen LogP contribution in [-0.2, 0) is 19.3 Å². The number of imidazole rings is 1. The zero-order chi connectivity index (χ0) is 15.1. The SMILES string of the molecule is CCc1nn(C)c2c1nc(CCl)n2-c1cc(F)ccc1F. The van der Waals surface area contributed by atoms with Crippen LogP contribution in [0.1, 0.15) is 18.4 Å². The molecule has 0 unspecified atom stereocenters. The number of rotatable bonds is 3. The maximum Gasteiger partial charge on any atom is 0.163 e. The van der Waals surface area contributed by atoms with E-state index in [0.717, 1.165) is 23.9 Å². The number of nitrogens with zero attached hydrogens (tertiary/aromatic N) is 4. The maximum atomic E-state index is 14.1. The molecule has 0 aliphatic carbocycles. The zero-order valence-electron chi connectivity index (χ0n) is 11.6. The molecule has 0 saturated heterocycles. The first-order valence-corrected chi connectivity index (χ1v) is 7.04. The van der Waals surface area contributed by atoms with Gasteiger partial charge in [-0.05, 0) is 18.6 Å². The standard InChI is InChI=1S/C14H13ClF2N4/c1-3-10-13-14(20(2)19-10)21(12(7-15)18-13)11-6-8(16)4-5-9(11)17/h4-6H,3,7H2,1-2H3. The third-order valence-corrected chi connectivity index (χ3v) is 3.62. The monoisotopic (exact) mass is 310 g/mol. The summed E-state index contributed by atoms with van der Waals surface area (Å²) in [7, 11) is 1.74. The van der Waals surface area contributed by atoms with Gasteiger partial charge in [-0.15, -0.1) is 11.6 Å². The molecule has 1 aromatic carbocycles. The lowest BCUT2D eigenvalue weighted by Gasteiger charge is -2.09. The van der Waals surface area contributed by atoms with Crippen LogP contribution in [-0.4, -0.2) is 19.3 Å². The number of benzene rings is 1. The van der Waals surface area contributed by atoms with E-state index in [-0.39, 0.29) is 11.6 Å². The molecule has 3 aromatic rings. The summed E-state index contributed by atoms with van der Waals surface area (Å²) in [6, 6.07) is 3.30. The molecule has 0 saturated carbocycles. The third-order valence-electron chi connectivity index (χ3n) is 3.38. The summed E-state index contributed by atoms with van der Waals surface area (Å²) >= 11 is 5.92. The van der Waals surface area contributed by atoms with E-state index in [0.29, 0.717) is 23.4 Å². The van der Waals surface area contributed by atoms with Gasteiger partial charge in [0.25, 0.3) is 0 Å². The van der Waals surface area contributed by atoms with Crippen molar-refractivity contribution in [3.8, 4) is 5.69 Å². The normalized spacial score (nSPS) is 11.5. The number of hydrogen-bond donors (Lipinski definition) is 0. The van der Waals surface area contributed by atoms with E-state index in [9.17, 15) is 8.78 Å². The Balaban J connectivity index is 2.40. The topological polar surface area (TPSA) is 35.6 Å². The molecule has 21 heavy (non-hydrogen) atoms. The maximum absolute atomic E-state index is 14.1. The molecule has 0 fully saturated rings. The molecule has 2 heterocycles. The van der Waals surface area contributed by atoms with Gasteiger partial charge in [0.15, 0.2) is 5.65 Å². The molecular formula is C14H13ClF2N4. The minimum atomic E-state index is -0.540. The number of fused-ring (bicyclic) bond motifs is 1. The minimum Gasteiger partial charge on any atom is -0.277 e. The van der Waals surface area contributed by atoms with Crippen LogP contribution >= 0.6 is 11.6 Å². The van der Waals surface area contributed by atoms with Crippen LogP contribution < -0.4 is 0 Å². The van der Waals surface area contributed by atoms with Gasteiger partial charge >= 0.3 is 0 Å². The third kappa shape index (κ3) is 2.10. The van der Waals surface area contributed by atoms with E-state index in [1.54, 1.807) is 11.7 Å². The number of aromatic nitrogens is 4. The summed E-state index contributed by atoms with van der Waals surface area (Å²) < 4.78 is 30.7. The van der Waals surface area contributed by atoms with Crippen LogP contribution in [0.25, 0.3) is 16.9 Å². The Morgan fingerprint density at radius 2 is 2.05 bits per heavy atom. The Hall–Kier alpha value is -1.95. The lowest BCUT2D eigenvalue weighted by atomic mass is 10.3. The zero-order valence-corrected chi connectivity index (χ0v) is 12.3. The molecule has 0 N–H and O–H groups in total. The highest BCUT2D eigenvalue weighted by atomic mass is 35.5. The Morgan fingerprint density at radius 3 is 2.71 bits per heavy atom. The van der Waals surface area contributed by atoms with Crippen LogP contribution in [0.3, 0.4) is 0 Å². The Bertz CT molecular complexity index is 822. The molecule has 110 valence electrons. The van der Waals surface area contributed by atoms with Crippen LogP contribution in [0.4, 0.5) is 8.78 Å². The molecule has 4 nitrogen and oxygen atoms in total. The Labute approximate surface area is 125 Å². The fourth-order valence-electron chi connectivity index (χ4n) is 2.46.